The zero-order valence-electron chi connectivity index (χ0n) is 12.5. The van der Waals surface area contributed by atoms with Crippen molar-refractivity contribution in [2.75, 3.05) is 32.7 Å². The molecule has 1 atom stereocenters. The Kier molecular flexibility index (Phi) is 5.80. The minimum Gasteiger partial charge on any atom is -0.338 e. The first kappa shape index (κ1) is 16.8. The van der Waals surface area contributed by atoms with Crippen LogP contribution in [0.4, 0.5) is 0 Å². The lowest BCUT2D eigenvalue weighted by molar-refractivity contribution is -0.135. The highest BCUT2D eigenvalue weighted by Crippen LogP contribution is 2.22. The molecule has 1 unspecified atom stereocenters. The van der Waals surface area contributed by atoms with Crippen LogP contribution in [0.5, 0.6) is 0 Å². The average Bonchev–Trinajstić information content (AvgIpc) is 3.04. The molecule has 3 rings (SSSR count). The highest BCUT2D eigenvalue weighted by Gasteiger charge is 2.36. The number of likely N-dealkylation sites (tertiary alicyclic amines) is 1. The lowest BCUT2D eigenvalue weighted by atomic mass is 10.1. The van der Waals surface area contributed by atoms with Gasteiger partial charge < -0.3 is 15.1 Å². The van der Waals surface area contributed by atoms with Gasteiger partial charge in [0, 0.05) is 38.3 Å². The number of nitrogens with one attached hydrogen (secondary N) is 1. The quantitative estimate of drug-likeness (QED) is 0.888. The van der Waals surface area contributed by atoms with E-state index in [0.29, 0.717) is 12.1 Å². The first-order valence-electron chi connectivity index (χ1n) is 7.63. The maximum Gasteiger partial charge on any atom is 0.254 e. The number of rotatable bonds is 2. The van der Waals surface area contributed by atoms with Crippen molar-refractivity contribution in [3.63, 3.8) is 0 Å². The molecule has 2 heterocycles. The second-order valence-corrected chi connectivity index (χ2v) is 5.60. The first-order valence-corrected chi connectivity index (χ1v) is 7.63. The van der Waals surface area contributed by atoms with Gasteiger partial charge in [0.1, 0.15) is 6.04 Å². The van der Waals surface area contributed by atoms with Crippen LogP contribution in [-0.2, 0) is 4.79 Å². The predicted molar refractivity (Wildman–Crippen MR) is 87.2 cm³/mol. The lowest BCUT2D eigenvalue weighted by Crippen LogP contribution is -2.53. The van der Waals surface area contributed by atoms with E-state index in [9.17, 15) is 9.59 Å². The number of nitrogens with zero attached hydrogens (tertiary/aromatic N) is 2. The van der Waals surface area contributed by atoms with E-state index in [1.807, 2.05) is 35.2 Å². The van der Waals surface area contributed by atoms with Crippen LogP contribution in [0.3, 0.4) is 0 Å². The lowest BCUT2D eigenvalue weighted by Gasteiger charge is -2.33. The minimum absolute atomic E-state index is 0. The van der Waals surface area contributed by atoms with Gasteiger partial charge in [-0.15, -0.1) is 12.4 Å². The molecule has 5 nitrogen and oxygen atoms in total. The third kappa shape index (κ3) is 3.42. The van der Waals surface area contributed by atoms with Gasteiger partial charge in [-0.25, -0.2) is 0 Å². The van der Waals surface area contributed by atoms with Gasteiger partial charge in [0.25, 0.3) is 5.91 Å². The summed E-state index contributed by atoms with van der Waals surface area (Å²) in [5.74, 6) is 0.0832. The van der Waals surface area contributed by atoms with Crippen molar-refractivity contribution < 1.29 is 9.59 Å². The fraction of sp³-hybridized carbons (Fsp3) is 0.500. The number of hydrogen-bond donors (Lipinski definition) is 1. The van der Waals surface area contributed by atoms with Crippen molar-refractivity contribution in [2.45, 2.75) is 18.9 Å². The van der Waals surface area contributed by atoms with Gasteiger partial charge in [-0.1, -0.05) is 18.2 Å². The summed E-state index contributed by atoms with van der Waals surface area (Å²) < 4.78 is 0. The maximum atomic E-state index is 12.7. The standard InChI is InChI=1S/C16H21N3O2.ClH/c20-15(13-5-2-1-3-6-13)19-10-4-7-14(19)16(21)18-11-8-17-9-12-18;/h1-3,5-6,14,17H,4,7-12H2;1H. The van der Waals surface area contributed by atoms with Crippen molar-refractivity contribution in [3.8, 4) is 0 Å². The third-order valence-electron chi connectivity index (χ3n) is 4.25. The monoisotopic (exact) mass is 323 g/mol. The Morgan fingerprint density at radius 2 is 1.73 bits per heavy atom. The number of carbonyl (C=O) groups is 2. The van der Waals surface area contributed by atoms with Crippen molar-refractivity contribution in [1.82, 2.24) is 15.1 Å². The number of piperazine rings is 1. The van der Waals surface area contributed by atoms with Crippen LogP contribution in [0.25, 0.3) is 0 Å². The molecule has 2 aliphatic rings. The molecule has 1 N–H and O–H groups in total. The van der Waals surface area contributed by atoms with E-state index in [2.05, 4.69) is 5.32 Å². The van der Waals surface area contributed by atoms with Gasteiger partial charge in [-0.2, -0.15) is 0 Å². The van der Waals surface area contributed by atoms with E-state index in [0.717, 1.165) is 39.0 Å². The third-order valence-corrected chi connectivity index (χ3v) is 4.25. The Hall–Kier alpha value is -1.59. The van der Waals surface area contributed by atoms with Crippen molar-refractivity contribution in [1.29, 1.82) is 0 Å². The molecule has 6 heteroatoms. The fourth-order valence-electron chi connectivity index (χ4n) is 3.11. The van der Waals surface area contributed by atoms with Gasteiger partial charge in [0.2, 0.25) is 5.91 Å². The summed E-state index contributed by atoms with van der Waals surface area (Å²) in [5.41, 5.74) is 0.664. The second-order valence-electron chi connectivity index (χ2n) is 5.60. The van der Waals surface area contributed by atoms with Crippen LogP contribution < -0.4 is 5.32 Å². The van der Waals surface area contributed by atoms with E-state index in [1.165, 1.54) is 0 Å². The summed E-state index contributed by atoms with van der Waals surface area (Å²) in [5, 5.41) is 3.25. The Bertz CT molecular complexity index is 517. The molecule has 2 fully saturated rings. The number of hydrogen-bond acceptors (Lipinski definition) is 3. The van der Waals surface area contributed by atoms with Crippen LogP contribution >= 0.6 is 12.4 Å². The highest BCUT2D eigenvalue weighted by molar-refractivity contribution is 5.97. The summed E-state index contributed by atoms with van der Waals surface area (Å²) >= 11 is 0. The molecule has 2 saturated heterocycles. The van der Waals surface area contributed by atoms with Crippen molar-refractivity contribution in [2.24, 2.45) is 0 Å². The molecule has 0 radical (unpaired) electrons. The van der Waals surface area contributed by atoms with E-state index < -0.39 is 0 Å². The van der Waals surface area contributed by atoms with E-state index in [-0.39, 0.29) is 30.3 Å². The van der Waals surface area contributed by atoms with Gasteiger partial charge >= 0.3 is 0 Å². The Morgan fingerprint density at radius 1 is 1.05 bits per heavy atom. The van der Waals surface area contributed by atoms with Gasteiger partial charge in [-0.05, 0) is 25.0 Å². The Balaban J connectivity index is 0.00000176. The molecule has 2 amide bonds. The molecule has 0 spiro atoms. The summed E-state index contributed by atoms with van der Waals surface area (Å²) in [6.45, 7) is 3.83. The number of amides is 2. The van der Waals surface area contributed by atoms with E-state index >= 15 is 0 Å². The summed E-state index contributed by atoms with van der Waals surface area (Å²) in [6, 6.07) is 8.95. The zero-order valence-corrected chi connectivity index (χ0v) is 13.3. The molecule has 120 valence electrons. The molecular weight excluding hydrogens is 302 g/mol. The molecule has 22 heavy (non-hydrogen) atoms. The van der Waals surface area contributed by atoms with Crippen LogP contribution in [-0.4, -0.2) is 60.4 Å². The van der Waals surface area contributed by atoms with E-state index in [4.69, 9.17) is 0 Å². The van der Waals surface area contributed by atoms with E-state index in [1.54, 1.807) is 4.90 Å². The first-order chi connectivity index (χ1) is 10.3. The summed E-state index contributed by atoms with van der Waals surface area (Å²) in [4.78, 5) is 28.9. The number of carbonyl (C=O) groups excluding carboxylic acids is 2. The van der Waals surface area contributed by atoms with Crippen LogP contribution in [0.1, 0.15) is 23.2 Å². The zero-order chi connectivity index (χ0) is 14.7. The molecule has 0 bridgehead atoms. The molecule has 2 aliphatic heterocycles. The molecule has 1 aromatic rings. The molecule has 0 aromatic heterocycles. The summed E-state index contributed by atoms with van der Waals surface area (Å²) in [6.07, 6.45) is 1.68. The SMILES string of the molecule is Cl.O=C(C1CCCN1C(=O)c1ccccc1)N1CCNCC1. The average molecular weight is 324 g/mol. The topological polar surface area (TPSA) is 52.7 Å². The van der Waals surface area contributed by atoms with Crippen LogP contribution in [0.15, 0.2) is 30.3 Å². The fourth-order valence-corrected chi connectivity index (χ4v) is 3.11. The molecule has 1 aromatic carbocycles. The predicted octanol–water partition coefficient (Wildman–Crippen LogP) is 1.14. The normalized spacial score (nSPS) is 21.4. The highest BCUT2D eigenvalue weighted by atomic mass is 35.5. The van der Waals surface area contributed by atoms with Gasteiger partial charge in [-0.3, -0.25) is 9.59 Å². The van der Waals surface area contributed by atoms with Crippen molar-refractivity contribution >= 4 is 24.2 Å². The van der Waals surface area contributed by atoms with Crippen LogP contribution in [0.2, 0.25) is 0 Å². The second kappa shape index (κ2) is 7.61. The Labute approximate surface area is 137 Å². The van der Waals surface area contributed by atoms with Crippen molar-refractivity contribution in [3.05, 3.63) is 35.9 Å². The maximum absolute atomic E-state index is 12.7. The molecule has 0 saturated carbocycles. The molecular formula is C16H22ClN3O2. The smallest absolute Gasteiger partial charge is 0.254 e. The largest absolute Gasteiger partial charge is 0.338 e. The Morgan fingerprint density at radius 3 is 2.41 bits per heavy atom. The number of halogens is 1. The molecule has 0 aliphatic carbocycles. The number of benzene rings is 1. The summed E-state index contributed by atoms with van der Waals surface area (Å²) in [7, 11) is 0. The minimum atomic E-state index is -0.282. The van der Waals surface area contributed by atoms with Gasteiger partial charge in [0.15, 0.2) is 0 Å². The van der Waals surface area contributed by atoms with Gasteiger partial charge in [0.05, 0.1) is 0 Å². The van der Waals surface area contributed by atoms with Crippen LogP contribution in [0, 0.1) is 0 Å².